The molecule has 2 N–H and O–H groups in total. The minimum Gasteiger partial charge on any atom is -0.477 e. The second kappa shape index (κ2) is 9.10. The number of carbonyl (C=O) groups is 4. The van der Waals surface area contributed by atoms with Gasteiger partial charge in [0, 0.05) is 31.5 Å². The van der Waals surface area contributed by atoms with Crippen LogP contribution in [-0.4, -0.2) is 89.6 Å². The van der Waals surface area contributed by atoms with Gasteiger partial charge in [0.25, 0.3) is 5.91 Å². The van der Waals surface area contributed by atoms with Crippen molar-refractivity contribution in [2.24, 2.45) is 13.0 Å². The van der Waals surface area contributed by atoms with Crippen molar-refractivity contribution in [1.82, 2.24) is 30.1 Å². The van der Waals surface area contributed by atoms with Crippen LogP contribution in [0.1, 0.15) is 19.3 Å². The number of aryl methyl sites for hydroxylation is 1. The highest BCUT2D eigenvalue weighted by atomic mass is 32.2. The first-order valence-corrected chi connectivity index (χ1v) is 13.0. The number of aromatic nitrogens is 3. The Labute approximate surface area is 204 Å². The molecule has 1 aromatic rings. The Bertz CT molecular complexity index is 1130. The quantitative estimate of drug-likeness (QED) is 0.289. The predicted octanol–water partition coefficient (Wildman–Crippen LogP) is 0.215. The highest BCUT2D eigenvalue weighted by Gasteiger charge is 2.54. The third-order valence-electron chi connectivity index (χ3n) is 6.28. The van der Waals surface area contributed by atoms with E-state index in [0.717, 1.165) is 24.4 Å². The van der Waals surface area contributed by atoms with Crippen LogP contribution < -0.4 is 5.32 Å². The third-order valence-corrected chi connectivity index (χ3v) is 8.65. The average molecular weight is 505 g/mol. The van der Waals surface area contributed by atoms with Crippen LogP contribution in [0.2, 0.25) is 0 Å². The number of likely N-dealkylation sites (tertiary alicyclic amines) is 1. The van der Waals surface area contributed by atoms with Gasteiger partial charge >= 0.3 is 5.97 Å². The summed E-state index contributed by atoms with van der Waals surface area (Å²) in [6.07, 6.45) is 6.09. The van der Waals surface area contributed by atoms with Crippen molar-refractivity contribution in [2.45, 2.75) is 35.7 Å². The Balaban J connectivity index is 1.26. The van der Waals surface area contributed by atoms with Crippen molar-refractivity contribution in [3.05, 3.63) is 29.1 Å². The number of carbonyl (C=O) groups excluding carboxylic acids is 3. The number of aliphatic carboxylic acids is 1. The van der Waals surface area contributed by atoms with E-state index < -0.39 is 23.3 Å². The Morgan fingerprint density at radius 3 is 2.82 bits per heavy atom. The van der Waals surface area contributed by atoms with E-state index in [4.69, 9.17) is 0 Å². The first-order valence-electron chi connectivity index (χ1n) is 11.0. The topological polar surface area (TPSA) is 138 Å². The molecule has 5 rings (SSSR count). The van der Waals surface area contributed by atoms with Gasteiger partial charge in [-0.1, -0.05) is 17.0 Å². The second-order valence-corrected chi connectivity index (χ2v) is 10.8. The van der Waals surface area contributed by atoms with Crippen LogP contribution in [0.3, 0.4) is 0 Å². The van der Waals surface area contributed by atoms with Gasteiger partial charge in [-0.05, 0) is 36.8 Å². The van der Waals surface area contributed by atoms with E-state index in [-0.39, 0.29) is 23.3 Å². The number of allylic oxidation sites excluding steroid dienone is 1. The molecule has 13 heteroatoms. The van der Waals surface area contributed by atoms with E-state index >= 15 is 0 Å². The molecule has 1 aromatic heterocycles. The molecule has 3 amide bonds. The normalized spacial score (nSPS) is 25.6. The van der Waals surface area contributed by atoms with Gasteiger partial charge < -0.3 is 15.3 Å². The van der Waals surface area contributed by atoms with Gasteiger partial charge in [0.1, 0.15) is 22.1 Å². The maximum atomic E-state index is 12.8. The van der Waals surface area contributed by atoms with E-state index in [9.17, 15) is 24.3 Å². The van der Waals surface area contributed by atoms with Gasteiger partial charge in [0.05, 0.1) is 11.9 Å². The third kappa shape index (κ3) is 4.33. The molecule has 34 heavy (non-hydrogen) atoms. The number of thioether (sulfide) groups is 2. The predicted molar refractivity (Wildman–Crippen MR) is 123 cm³/mol. The van der Waals surface area contributed by atoms with Crippen LogP contribution in [0.4, 0.5) is 0 Å². The lowest BCUT2D eigenvalue weighted by Gasteiger charge is -2.49. The van der Waals surface area contributed by atoms with Crippen molar-refractivity contribution in [2.75, 3.05) is 24.6 Å². The van der Waals surface area contributed by atoms with Gasteiger partial charge in [-0.25, -0.2) is 9.48 Å². The number of fused-ring (bicyclic) bond motifs is 1. The van der Waals surface area contributed by atoms with Crippen LogP contribution >= 0.6 is 23.5 Å². The molecule has 1 saturated carbocycles. The second-order valence-electron chi connectivity index (χ2n) is 8.73. The van der Waals surface area contributed by atoms with Gasteiger partial charge in [-0.3, -0.25) is 19.3 Å². The summed E-state index contributed by atoms with van der Waals surface area (Å²) in [5.74, 6) is -1.02. The van der Waals surface area contributed by atoms with E-state index in [1.807, 2.05) is 4.90 Å². The summed E-state index contributed by atoms with van der Waals surface area (Å²) in [7, 11) is 1.72. The number of carboxylic acids is 1. The first-order chi connectivity index (χ1) is 16.3. The summed E-state index contributed by atoms with van der Waals surface area (Å²) < 4.78 is 1.55. The molecule has 1 aliphatic carbocycles. The molecule has 4 aliphatic rings. The summed E-state index contributed by atoms with van der Waals surface area (Å²) >= 11 is 2.64. The molecular weight excluding hydrogens is 480 g/mol. The highest BCUT2D eigenvalue weighted by Crippen LogP contribution is 2.41. The summed E-state index contributed by atoms with van der Waals surface area (Å²) in [5, 5.41) is 20.4. The number of nitrogens with one attached hydrogen (secondary N) is 1. The fourth-order valence-electron chi connectivity index (χ4n) is 4.32. The number of β-lactam (4-membered cyclic amide) rings is 1. The summed E-state index contributed by atoms with van der Waals surface area (Å²) in [5.41, 5.74) is 0.950. The standard InChI is InChI=1S/C21H24N6O5S2/c1-25-15(7-22-24-25)33-10-14(28)23-16-19(30)27-17(21(31)32)13(9-34-20(16)27)6-12-4-5-26(18(12)29)8-11-2-3-11/h6-7,11,16,20H,2-5,8-10H2,1H3,(H,23,28)(H,31,32)/b12-6+/t16-,20-/m1/s1. The minimum absolute atomic E-state index is 0.0440. The number of carboxylic acid groups (broad SMARTS) is 1. The van der Waals surface area contributed by atoms with Crippen LogP contribution in [0.25, 0.3) is 0 Å². The van der Waals surface area contributed by atoms with Crippen molar-refractivity contribution in [3.63, 3.8) is 0 Å². The number of rotatable bonds is 8. The Morgan fingerprint density at radius 2 is 2.15 bits per heavy atom. The van der Waals surface area contributed by atoms with E-state index in [2.05, 4.69) is 15.6 Å². The molecular formula is C21H24N6O5S2. The molecule has 11 nitrogen and oxygen atoms in total. The van der Waals surface area contributed by atoms with Crippen LogP contribution in [0, 0.1) is 5.92 Å². The van der Waals surface area contributed by atoms with Crippen LogP contribution in [-0.2, 0) is 26.2 Å². The Morgan fingerprint density at radius 1 is 1.35 bits per heavy atom. The number of hydrogen-bond acceptors (Lipinski definition) is 8. The molecule has 2 atom stereocenters. The monoisotopic (exact) mass is 504 g/mol. The lowest BCUT2D eigenvalue weighted by atomic mass is 10.0. The van der Waals surface area contributed by atoms with E-state index in [0.29, 0.717) is 35.8 Å². The molecule has 2 saturated heterocycles. The van der Waals surface area contributed by atoms with Gasteiger partial charge in [-0.2, -0.15) is 0 Å². The molecule has 3 aliphatic heterocycles. The smallest absolute Gasteiger partial charge is 0.352 e. The SMILES string of the molecule is Cn1nncc1SCC(=O)N[C@@H]1C(=O)N2C(C(=O)O)=C(/C=C3\CCN(CC4CC4)C3=O)CS[C@H]12. The summed E-state index contributed by atoms with van der Waals surface area (Å²) in [6.45, 7) is 1.41. The zero-order valence-electron chi connectivity index (χ0n) is 18.5. The summed E-state index contributed by atoms with van der Waals surface area (Å²) in [4.78, 5) is 53.1. The lowest BCUT2D eigenvalue weighted by molar-refractivity contribution is -0.150. The number of nitrogens with zero attached hydrogens (tertiary/aromatic N) is 5. The molecule has 4 heterocycles. The van der Waals surface area contributed by atoms with Gasteiger partial charge in [0.2, 0.25) is 11.8 Å². The maximum Gasteiger partial charge on any atom is 0.352 e. The van der Waals surface area contributed by atoms with Crippen LogP contribution in [0.5, 0.6) is 0 Å². The van der Waals surface area contributed by atoms with Gasteiger partial charge in [0.15, 0.2) is 0 Å². The zero-order valence-corrected chi connectivity index (χ0v) is 20.1. The Kier molecular flexibility index (Phi) is 6.15. The van der Waals surface area contributed by atoms with Crippen molar-refractivity contribution < 1.29 is 24.3 Å². The number of hydrogen-bond donors (Lipinski definition) is 2. The molecule has 0 radical (unpaired) electrons. The largest absolute Gasteiger partial charge is 0.477 e. The Hall–Kier alpha value is -2.80. The van der Waals surface area contributed by atoms with Crippen LogP contribution in [0.15, 0.2) is 34.1 Å². The fourth-order valence-corrected chi connectivity index (χ4v) is 6.33. The molecule has 180 valence electrons. The first kappa shape index (κ1) is 23.0. The van der Waals surface area contributed by atoms with Crippen molar-refractivity contribution >= 4 is 47.2 Å². The van der Waals surface area contributed by atoms with E-state index in [1.54, 1.807) is 24.0 Å². The molecule has 0 aromatic carbocycles. The zero-order chi connectivity index (χ0) is 24.0. The lowest BCUT2D eigenvalue weighted by Crippen LogP contribution is -2.70. The molecule has 3 fully saturated rings. The van der Waals surface area contributed by atoms with Crippen molar-refractivity contribution in [3.8, 4) is 0 Å². The fraction of sp³-hybridized carbons (Fsp3) is 0.524. The molecule has 0 bridgehead atoms. The number of amides is 3. The maximum absolute atomic E-state index is 12.8. The average Bonchev–Trinajstić information content (AvgIpc) is 3.45. The molecule has 0 unspecified atom stereocenters. The highest BCUT2D eigenvalue weighted by molar-refractivity contribution is 8.00. The minimum atomic E-state index is -1.21. The van der Waals surface area contributed by atoms with E-state index in [1.165, 1.54) is 28.4 Å². The summed E-state index contributed by atoms with van der Waals surface area (Å²) in [6, 6.07) is -0.784. The van der Waals surface area contributed by atoms with Gasteiger partial charge in [-0.15, -0.1) is 16.9 Å². The van der Waals surface area contributed by atoms with Crippen molar-refractivity contribution in [1.29, 1.82) is 0 Å². The molecule has 0 spiro atoms.